The molecule has 2 aromatic carbocycles. The number of carbonyl (C=O) groups is 2. The van der Waals surface area contributed by atoms with E-state index in [-0.39, 0.29) is 6.54 Å². The Kier molecular flexibility index (Phi) is 6.92. The lowest BCUT2D eigenvalue weighted by Crippen LogP contribution is -2.44. The SMILES string of the molecule is CCCC(CNC(=O)c1cccc(F)c1F)NC(=O)c1cccc(F)c1F. The Morgan fingerprint density at radius 2 is 1.41 bits per heavy atom. The lowest BCUT2D eigenvalue weighted by atomic mass is 10.1. The molecule has 2 N–H and O–H groups in total. The minimum absolute atomic E-state index is 0.0920. The van der Waals surface area contributed by atoms with E-state index in [1.54, 1.807) is 0 Å². The standard InChI is InChI=1S/C19H18F4N2O2/c1-2-5-11(25-19(27)13-7-4-9-15(21)17(13)23)10-24-18(26)12-6-3-8-14(20)16(12)22/h3-4,6-9,11H,2,5,10H2,1H3,(H,24,26)(H,25,27). The molecular formula is C19H18F4N2O2. The maximum absolute atomic E-state index is 13.7. The van der Waals surface area contributed by atoms with Gasteiger partial charge in [-0.25, -0.2) is 17.6 Å². The number of rotatable bonds is 7. The zero-order valence-electron chi connectivity index (χ0n) is 14.5. The summed E-state index contributed by atoms with van der Waals surface area (Å²) in [5.41, 5.74) is -0.925. The van der Waals surface area contributed by atoms with Crippen LogP contribution in [0.25, 0.3) is 0 Å². The van der Waals surface area contributed by atoms with E-state index in [0.717, 1.165) is 24.3 Å². The Balaban J connectivity index is 2.05. The largest absolute Gasteiger partial charge is 0.350 e. The topological polar surface area (TPSA) is 58.2 Å². The second kappa shape index (κ2) is 9.16. The molecule has 2 aromatic rings. The molecule has 0 heterocycles. The molecule has 0 bridgehead atoms. The fourth-order valence-corrected chi connectivity index (χ4v) is 2.51. The quantitative estimate of drug-likeness (QED) is 0.720. The molecule has 0 fully saturated rings. The van der Waals surface area contributed by atoms with Crippen LogP contribution >= 0.6 is 0 Å². The molecule has 0 aromatic heterocycles. The molecule has 0 aliphatic heterocycles. The highest BCUT2D eigenvalue weighted by atomic mass is 19.2. The fourth-order valence-electron chi connectivity index (χ4n) is 2.51. The van der Waals surface area contributed by atoms with Crippen LogP contribution in [0.3, 0.4) is 0 Å². The number of nitrogens with one attached hydrogen (secondary N) is 2. The minimum atomic E-state index is -1.27. The lowest BCUT2D eigenvalue weighted by Gasteiger charge is -2.19. The second-order valence-corrected chi connectivity index (χ2v) is 5.87. The van der Waals surface area contributed by atoms with Crippen LogP contribution in [0.15, 0.2) is 36.4 Å². The van der Waals surface area contributed by atoms with Crippen LogP contribution in [0.1, 0.15) is 40.5 Å². The van der Waals surface area contributed by atoms with E-state index in [2.05, 4.69) is 10.6 Å². The van der Waals surface area contributed by atoms with E-state index in [1.807, 2.05) is 6.92 Å². The van der Waals surface area contributed by atoms with E-state index >= 15 is 0 Å². The first-order valence-electron chi connectivity index (χ1n) is 8.32. The van der Waals surface area contributed by atoms with Crippen molar-refractivity contribution >= 4 is 11.8 Å². The Bertz CT molecular complexity index is 842. The number of carbonyl (C=O) groups excluding carboxylic acids is 2. The van der Waals surface area contributed by atoms with Gasteiger partial charge in [-0.1, -0.05) is 25.5 Å². The van der Waals surface area contributed by atoms with Gasteiger partial charge < -0.3 is 10.6 Å². The number of benzene rings is 2. The number of amides is 2. The first-order valence-corrected chi connectivity index (χ1v) is 8.32. The van der Waals surface area contributed by atoms with Gasteiger partial charge in [0.1, 0.15) is 0 Å². The molecule has 0 saturated carbocycles. The van der Waals surface area contributed by atoms with Crippen molar-refractivity contribution in [3.05, 3.63) is 70.8 Å². The first-order chi connectivity index (χ1) is 12.8. The normalized spacial score (nSPS) is 11.7. The highest BCUT2D eigenvalue weighted by Gasteiger charge is 2.20. The van der Waals surface area contributed by atoms with E-state index in [1.165, 1.54) is 12.1 Å². The molecule has 2 amide bonds. The van der Waals surface area contributed by atoms with E-state index in [9.17, 15) is 27.2 Å². The fraction of sp³-hybridized carbons (Fsp3) is 0.263. The molecule has 2 rings (SSSR count). The Morgan fingerprint density at radius 1 is 0.889 bits per heavy atom. The molecular weight excluding hydrogens is 364 g/mol. The summed E-state index contributed by atoms with van der Waals surface area (Å²) < 4.78 is 53.8. The molecule has 8 heteroatoms. The molecule has 1 unspecified atom stereocenters. The van der Waals surface area contributed by atoms with E-state index < -0.39 is 52.3 Å². The van der Waals surface area contributed by atoms with Crippen LogP contribution in [-0.4, -0.2) is 24.4 Å². The van der Waals surface area contributed by atoms with Crippen molar-refractivity contribution in [1.82, 2.24) is 10.6 Å². The van der Waals surface area contributed by atoms with Crippen molar-refractivity contribution < 1.29 is 27.2 Å². The summed E-state index contributed by atoms with van der Waals surface area (Å²) in [7, 11) is 0. The van der Waals surface area contributed by atoms with Crippen molar-refractivity contribution in [2.24, 2.45) is 0 Å². The summed E-state index contributed by atoms with van der Waals surface area (Å²) in [6, 6.07) is 5.84. The summed E-state index contributed by atoms with van der Waals surface area (Å²) in [4.78, 5) is 24.2. The van der Waals surface area contributed by atoms with Gasteiger partial charge in [0.25, 0.3) is 11.8 Å². The first kappa shape index (κ1) is 20.4. The number of halogens is 4. The van der Waals surface area contributed by atoms with Crippen LogP contribution in [0.2, 0.25) is 0 Å². The molecule has 4 nitrogen and oxygen atoms in total. The zero-order valence-corrected chi connectivity index (χ0v) is 14.5. The summed E-state index contributed by atoms with van der Waals surface area (Å²) in [5.74, 6) is -6.52. The maximum atomic E-state index is 13.7. The van der Waals surface area contributed by atoms with Crippen LogP contribution in [0, 0.1) is 23.3 Å². The van der Waals surface area contributed by atoms with Gasteiger partial charge in [-0.3, -0.25) is 9.59 Å². The van der Waals surface area contributed by atoms with Crippen molar-refractivity contribution in [3.63, 3.8) is 0 Å². The average Bonchev–Trinajstić information content (AvgIpc) is 2.64. The lowest BCUT2D eigenvalue weighted by molar-refractivity contribution is 0.0901. The van der Waals surface area contributed by atoms with Gasteiger partial charge in [0.15, 0.2) is 23.3 Å². The third-order valence-corrected chi connectivity index (χ3v) is 3.87. The minimum Gasteiger partial charge on any atom is -0.350 e. The van der Waals surface area contributed by atoms with Crippen LogP contribution in [0.4, 0.5) is 17.6 Å². The monoisotopic (exact) mass is 382 g/mol. The summed E-state index contributed by atoms with van der Waals surface area (Å²) in [6.07, 6.45) is 1.05. The molecule has 27 heavy (non-hydrogen) atoms. The predicted molar refractivity (Wildman–Crippen MR) is 91.2 cm³/mol. The molecule has 0 saturated heterocycles. The third kappa shape index (κ3) is 5.06. The molecule has 0 radical (unpaired) electrons. The second-order valence-electron chi connectivity index (χ2n) is 5.87. The van der Waals surface area contributed by atoms with Gasteiger partial charge in [0.2, 0.25) is 0 Å². The predicted octanol–water partition coefficient (Wildman–Crippen LogP) is 3.57. The average molecular weight is 382 g/mol. The Labute approximate surface area is 153 Å². The summed E-state index contributed by atoms with van der Waals surface area (Å²) in [5, 5.41) is 4.91. The van der Waals surface area contributed by atoms with Crippen molar-refractivity contribution in [2.45, 2.75) is 25.8 Å². The van der Waals surface area contributed by atoms with Gasteiger partial charge in [-0.15, -0.1) is 0 Å². The Morgan fingerprint density at radius 3 is 1.93 bits per heavy atom. The van der Waals surface area contributed by atoms with E-state index in [4.69, 9.17) is 0 Å². The van der Waals surface area contributed by atoms with E-state index in [0.29, 0.717) is 12.8 Å². The van der Waals surface area contributed by atoms with Crippen molar-refractivity contribution in [3.8, 4) is 0 Å². The molecule has 0 aliphatic carbocycles. The highest BCUT2D eigenvalue weighted by Crippen LogP contribution is 2.13. The van der Waals surface area contributed by atoms with Gasteiger partial charge in [-0.05, 0) is 30.7 Å². The van der Waals surface area contributed by atoms with Gasteiger partial charge in [0.05, 0.1) is 11.1 Å². The zero-order chi connectivity index (χ0) is 20.0. The van der Waals surface area contributed by atoms with Crippen LogP contribution in [0.5, 0.6) is 0 Å². The smallest absolute Gasteiger partial charge is 0.254 e. The number of hydrogen-bond acceptors (Lipinski definition) is 2. The molecule has 0 spiro atoms. The summed E-state index contributed by atoms with van der Waals surface area (Å²) >= 11 is 0. The highest BCUT2D eigenvalue weighted by molar-refractivity contribution is 5.95. The number of hydrogen-bond donors (Lipinski definition) is 2. The third-order valence-electron chi connectivity index (χ3n) is 3.87. The molecule has 0 aliphatic rings. The van der Waals surface area contributed by atoms with Gasteiger partial charge in [0, 0.05) is 12.6 Å². The van der Waals surface area contributed by atoms with Crippen LogP contribution < -0.4 is 10.6 Å². The van der Waals surface area contributed by atoms with Crippen molar-refractivity contribution in [1.29, 1.82) is 0 Å². The molecule has 1 atom stereocenters. The van der Waals surface area contributed by atoms with Gasteiger partial charge >= 0.3 is 0 Å². The summed E-state index contributed by atoms with van der Waals surface area (Å²) in [6.45, 7) is 1.74. The maximum Gasteiger partial charge on any atom is 0.254 e. The Hall–Kier alpha value is -2.90. The van der Waals surface area contributed by atoms with Gasteiger partial charge in [-0.2, -0.15) is 0 Å². The van der Waals surface area contributed by atoms with Crippen LogP contribution in [-0.2, 0) is 0 Å². The molecule has 144 valence electrons. The van der Waals surface area contributed by atoms with Crippen molar-refractivity contribution in [2.75, 3.05) is 6.54 Å².